The summed E-state index contributed by atoms with van der Waals surface area (Å²) >= 11 is -0.256. The van der Waals surface area contributed by atoms with Gasteiger partial charge in [-0.25, -0.2) is 0 Å². The molecule has 0 aliphatic carbocycles. The Morgan fingerprint density at radius 1 is 0.812 bits per heavy atom. The molecule has 180 valence electrons. The molecule has 2 aromatic rings. The lowest BCUT2D eigenvalue weighted by molar-refractivity contribution is -0.598. The molecule has 0 heterocycles. The second-order valence-corrected chi connectivity index (χ2v) is 10.5. The summed E-state index contributed by atoms with van der Waals surface area (Å²) in [6.07, 6.45) is 10.8. The molecule has 0 aliphatic heterocycles. The molecule has 2 aromatic carbocycles. The first-order chi connectivity index (χ1) is 15.3. The molecule has 0 radical (unpaired) electrons. The normalized spacial score (nSPS) is 12.1. The molecule has 8 heteroatoms. The Labute approximate surface area is 200 Å². The van der Waals surface area contributed by atoms with Crippen molar-refractivity contribution in [1.82, 2.24) is 0 Å². The molecule has 0 fully saturated rings. The maximum Gasteiger partial charge on any atom is 0.673 e. The van der Waals surface area contributed by atoms with Crippen LogP contribution in [0.2, 0.25) is 0 Å². The van der Waals surface area contributed by atoms with E-state index in [1.54, 1.807) is 0 Å². The molecule has 1 unspecified atom stereocenters. The minimum absolute atomic E-state index is 0.256. The summed E-state index contributed by atoms with van der Waals surface area (Å²) in [6.45, 7) is 2.65. The largest absolute Gasteiger partial charge is 0.673 e. The minimum Gasteiger partial charge on any atom is -0.486 e. The zero-order valence-electron chi connectivity index (χ0n) is 18.7. The first-order valence-corrected chi connectivity index (χ1v) is 13.4. The summed E-state index contributed by atoms with van der Waals surface area (Å²) in [7, 11) is -6.00. The third-order valence-corrected chi connectivity index (χ3v) is 7.42. The third-order valence-electron chi connectivity index (χ3n) is 4.60. The molecule has 2 nitrogen and oxygen atoms in total. The molecule has 0 aromatic heterocycles. The van der Waals surface area contributed by atoms with Crippen LogP contribution in [0, 0.1) is 7.14 Å². The van der Waals surface area contributed by atoms with Gasteiger partial charge in [-0.3, -0.25) is 0 Å². The predicted molar refractivity (Wildman–Crippen MR) is 119 cm³/mol. The summed E-state index contributed by atoms with van der Waals surface area (Å²) in [6, 6.07) is 18.9. The van der Waals surface area contributed by atoms with E-state index in [1.165, 1.54) is 52.1 Å². The first-order valence-electron chi connectivity index (χ1n) is 11.3. The highest BCUT2D eigenvalue weighted by Crippen LogP contribution is 2.13. The maximum absolute atomic E-state index is 10.2. The van der Waals surface area contributed by atoms with Gasteiger partial charge in [0.2, 0.25) is 3.57 Å². The number of hydrogen-bond acceptors (Lipinski definition) is 2. The SMILES string of the molecule is CCCCCCCCCCC(O)COc1ccccc1[I+]c1ccccc1.F[B-](F)(F)F. The molecular formula is C24H34BF4IO2. The van der Waals surface area contributed by atoms with Crippen molar-refractivity contribution in [3.05, 3.63) is 61.7 Å². The van der Waals surface area contributed by atoms with Crippen LogP contribution in [0.5, 0.6) is 5.75 Å². The van der Waals surface area contributed by atoms with Crippen LogP contribution >= 0.6 is 0 Å². The predicted octanol–water partition coefficient (Wildman–Crippen LogP) is 4.39. The van der Waals surface area contributed by atoms with Crippen LogP contribution in [0.25, 0.3) is 0 Å². The lowest BCUT2D eigenvalue weighted by Crippen LogP contribution is -3.61. The molecule has 1 atom stereocenters. The van der Waals surface area contributed by atoms with Crippen molar-refractivity contribution in [2.45, 2.75) is 70.8 Å². The monoisotopic (exact) mass is 568 g/mol. The molecule has 0 bridgehead atoms. The van der Waals surface area contributed by atoms with Crippen LogP contribution in [-0.4, -0.2) is 25.1 Å². The van der Waals surface area contributed by atoms with Crippen LogP contribution in [0.4, 0.5) is 17.3 Å². The molecule has 0 spiro atoms. The summed E-state index contributed by atoms with van der Waals surface area (Å²) in [5.41, 5.74) is 0. The van der Waals surface area contributed by atoms with Gasteiger partial charge in [0.1, 0.15) is 6.61 Å². The van der Waals surface area contributed by atoms with E-state index in [2.05, 4.69) is 49.4 Å². The zero-order chi connectivity index (χ0) is 23.7. The van der Waals surface area contributed by atoms with Gasteiger partial charge in [-0.15, -0.1) is 0 Å². The van der Waals surface area contributed by atoms with Gasteiger partial charge in [-0.2, -0.15) is 0 Å². The van der Waals surface area contributed by atoms with E-state index in [9.17, 15) is 22.4 Å². The number of para-hydroxylation sites is 1. The summed E-state index contributed by atoms with van der Waals surface area (Å²) in [5, 5.41) is 10.2. The number of halogens is 5. The Morgan fingerprint density at radius 3 is 1.97 bits per heavy atom. The fourth-order valence-electron chi connectivity index (χ4n) is 3.02. The quantitative estimate of drug-likeness (QED) is 0.159. The molecule has 0 saturated carbocycles. The van der Waals surface area contributed by atoms with Gasteiger partial charge in [-0.1, -0.05) is 88.6 Å². The molecule has 32 heavy (non-hydrogen) atoms. The fourth-order valence-corrected chi connectivity index (χ4v) is 5.45. The fraction of sp³-hybridized carbons (Fsp3) is 0.500. The second kappa shape index (κ2) is 17.2. The van der Waals surface area contributed by atoms with E-state index in [4.69, 9.17) is 4.74 Å². The van der Waals surface area contributed by atoms with Crippen LogP contribution in [-0.2, 0) is 0 Å². The van der Waals surface area contributed by atoms with E-state index in [-0.39, 0.29) is 27.3 Å². The van der Waals surface area contributed by atoms with Crippen molar-refractivity contribution in [2.24, 2.45) is 0 Å². The van der Waals surface area contributed by atoms with E-state index in [0.717, 1.165) is 18.6 Å². The van der Waals surface area contributed by atoms with E-state index in [1.807, 2.05) is 12.1 Å². The van der Waals surface area contributed by atoms with Gasteiger partial charge in [-0.05, 0) is 30.7 Å². The Kier molecular flexibility index (Phi) is 15.5. The molecule has 1 N–H and O–H groups in total. The average Bonchev–Trinajstić information content (AvgIpc) is 2.74. The molecule has 0 amide bonds. The van der Waals surface area contributed by atoms with Crippen molar-refractivity contribution >= 4 is 7.25 Å². The van der Waals surface area contributed by atoms with E-state index >= 15 is 0 Å². The topological polar surface area (TPSA) is 29.5 Å². The van der Waals surface area contributed by atoms with Crippen LogP contribution in [0.15, 0.2) is 54.6 Å². The number of benzene rings is 2. The zero-order valence-corrected chi connectivity index (χ0v) is 20.8. The highest BCUT2D eigenvalue weighted by molar-refractivity contribution is 6.50. The van der Waals surface area contributed by atoms with E-state index < -0.39 is 7.25 Å². The van der Waals surface area contributed by atoms with Crippen molar-refractivity contribution in [3.8, 4) is 5.75 Å². The maximum atomic E-state index is 10.2. The third kappa shape index (κ3) is 16.4. The van der Waals surface area contributed by atoms with Gasteiger partial charge >= 0.3 is 28.5 Å². The lowest BCUT2D eigenvalue weighted by atomic mass is 10.1. The van der Waals surface area contributed by atoms with Gasteiger partial charge in [0.25, 0.3) is 0 Å². The molecular weight excluding hydrogens is 534 g/mol. The van der Waals surface area contributed by atoms with Crippen molar-refractivity contribution in [3.63, 3.8) is 0 Å². The average molecular weight is 568 g/mol. The van der Waals surface area contributed by atoms with Crippen molar-refractivity contribution < 1.29 is 48.3 Å². The molecule has 0 aliphatic rings. The number of aliphatic hydroxyl groups is 1. The summed E-state index contributed by atoms with van der Waals surface area (Å²) < 4.78 is 47.6. The van der Waals surface area contributed by atoms with Gasteiger partial charge in [0.15, 0.2) is 9.32 Å². The number of ether oxygens (including phenoxy) is 1. The lowest BCUT2D eigenvalue weighted by Gasteiger charge is -2.12. The van der Waals surface area contributed by atoms with Crippen LogP contribution in [0.3, 0.4) is 0 Å². The van der Waals surface area contributed by atoms with Gasteiger partial charge in [0.05, 0.1) is 6.10 Å². The van der Waals surface area contributed by atoms with Crippen LogP contribution < -0.4 is 25.9 Å². The van der Waals surface area contributed by atoms with Gasteiger partial charge < -0.3 is 27.1 Å². The van der Waals surface area contributed by atoms with E-state index in [0.29, 0.717) is 6.61 Å². The first kappa shape index (κ1) is 28.7. The number of hydrogen-bond donors (Lipinski definition) is 1. The summed E-state index contributed by atoms with van der Waals surface area (Å²) in [4.78, 5) is 0. The number of aliphatic hydroxyl groups excluding tert-OH is 1. The minimum atomic E-state index is -6.00. The highest BCUT2D eigenvalue weighted by Gasteiger charge is 2.21. The molecule has 0 saturated heterocycles. The van der Waals surface area contributed by atoms with Crippen molar-refractivity contribution in [2.75, 3.05) is 6.61 Å². The number of rotatable bonds is 14. The Bertz CT molecular complexity index is 711. The standard InChI is InChI=1S/C24H34IO2.BF4/c1-2-3-4-5-6-7-8-12-17-22(26)20-27-24-19-14-13-18-23(24)25-21-15-10-9-11-16-21;2-1(3,4)5/h9-11,13-16,18-19,22,26H,2-8,12,17,20H2,1H3;/q+1;-1. The Balaban J connectivity index is 0.000000920. The van der Waals surface area contributed by atoms with Crippen LogP contribution in [0.1, 0.15) is 64.7 Å². The van der Waals surface area contributed by atoms with Crippen molar-refractivity contribution in [1.29, 1.82) is 0 Å². The van der Waals surface area contributed by atoms with Gasteiger partial charge in [0, 0.05) is 0 Å². The highest BCUT2D eigenvalue weighted by atomic mass is 127. The molecule has 2 rings (SSSR count). The smallest absolute Gasteiger partial charge is 0.486 e. The summed E-state index contributed by atoms with van der Waals surface area (Å²) in [5.74, 6) is 0.934. The second-order valence-electron chi connectivity index (χ2n) is 7.54. The number of unbranched alkanes of at least 4 members (excludes halogenated alkanes) is 7. The Hall–Kier alpha value is -1.29. The Morgan fingerprint density at radius 2 is 1.34 bits per heavy atom.